The summed E-state index contributed by atoms with van der Waals surface area (Å²) in [4.78, 5) is 14.7. The molecule has 5 nitrogen and oxygen atoms in total. The molecule has 2 saturated heterocycles. The van der Waals surface area contributed by atoms with E-state index in [9.17, 15) is 9.90 Å². The van der Waals surface area contributed by atoms with Crippen LogP contribution in [0.1, 0.15) is 31.2 Å². The number of nitrogens with one attached hydrogen (secondary N) is 1. The quantitative estimate of drug-likeness (QED) is 0.888. The Hall–Kier alpha value is -1.75. The Kier molecular flexibility index (Phi) is 3.76. The lowest BCUT2D eigenvalue weighted by Gasteiger charge is -2.40. The maximum Gasteiger partial charge on any atom is 0.240 e. The number of hydrogen-bond acceptors (Lipinski definition) is 4. The van der Waals surface area contributed by atoms with Gasteiger partial charge in [0, 0.05) is 18.7 Å². The third-order valence-corrected chi connectivity index (χ3v) is 4.72. The minimum absolute atomic E-state index is 0.158. The van der Waals surface area contributed by atoms with Crippen molar-refractivity contribution < 1.29 is 14.6 Å². The topological polar surface area (TPSA) is 61.8 Å². The number of amides is 1. The van der Waals surface area contributed by atoms with E-state index < -0.39 is 0 Å². The van der Waals surface area contributed by atoms with Gasteiger partial charge in [0.1, 0.15) is 17.0 Å². The van der Waals surface area contributed by atoms with Gasteiger partial charge in [0.05, 0.1) is 7.11 Å². The van der Waals surface area contributed by atoms with E-state index in [1.54, 1.807) is 25.3 Å². The molecular weight excluding hydrogens is 268 g/mol. The summed E-state index contributed by atoms with van der Waals surface area (Å²) in [7, 11) is 1.63. The third kappa shape index (κ3) is 2.46. The zero-order chi connectivity index (χ0) is 14.9. The normalized spacial score (nSPS) is 26.0. The van der Waals surface area contributed by atoms with Crippen molar-refractivity contribution in [3.63, 3.8) is 0 Å². The van der Waals surface area contributed by atoms with Crippen LogP contribution >= 0.6 is 0 Å². The smallest absolute Gasteiger partial charge is 0.240 e. The first-order chi connectivity index (χ1) is 10.2. The standard InChI is InChI=1S/C16H22N2O3/c1-21-14-5-4-13(19)10-12(14)11-18-9-3-7-16(18)6-2-8-17-15(16)20/h4-5,10,19H,2-3,6-9,11H2,1H3,(H,17,20). The van der Waals surface area contributed by atoms with Crippen LogP contribution < -0.4 is 10.1 Å². The molecule has 3 rings (SSSR count). The van der Waals surface area contributed by atoms with Gasteiger partial charge in [-0.3, -0.25) is 9.69 Å². The summed E-state index contributed by atoms with van der Waals surface area (Å²) in [5.41, 5.74) is 0.562. The molecule has 1 aromatic carbocycles. The van der Waals surface area contributed by atoms with Gasteiger partial charge in [0.2, 0.25) is 5.91 Å². The summed E-state index contributed by atoms with van der Waals surface area (Å²) in [5, 5.41) is 12.7. The molecule has 1 atom stereocenters. The van der Waals surface area contributed by atoms with E-state index in [4.69, 9.17) is 4.74 Å². The van der Waals surface area contributed by atoms with Crippen molar-refractivity contribution in [2.24, 2.45) is 0 Å². The number of benzene rings is 1. The summed E-state index contributed by atoms with van der Waals surface area (Å²) in [6, 6.07) is 5.12. The fourth-order valence-corrected chi connectivity index (χ4v) is 3.66. The first-order valence-corrected chi connectivity index (χ1v) is 7.55. The van der Waals surface area contributed by atoms with Crippen molar-refractivity contribution >= 4 is 5.91 Å². The highest BCUT2D eigenvalue weighted by atomic mass is 16.5. The Morgan fingerprint density at radius 1 is 1.38 bits per heavy atom. The molecule has 2 N–H and O–H groups in total. The molecule has 0 aliphatic carbocycles. The molecule has 2 aliphatic heterocycles. The molecule has 0 bridgehead atoms. The summed E-state index contributed by atoms with van der Waals surface area (Å²) in [5.74, 6) is 1.14. The van der Waals surface area contributed by atoms with Crippen molar-refractivity contribution in [1.82, 2.24) is 10.2 Å². The highest BCUT2D eigenvalue weighted by Gasteiger charge is 2.48. The van der Waals surface area contributed by atoms with Crippen LogP contribution in [-0.4, -0.2) is 41.7 Å². The maximum absolute atomic E-state index is 12.4. The summed E-state index contributed by atoms with van der Waals surface area (Å²) in [6.45, 7) is 2.32. The fourth-order valence-electron chi connectivity index (χ4n) is 3.66. The molecule has 2 fully saturated rings. The second-order valence-corrected chi connectivity index (χ2v) is 5.91. The van der Waals surface area contributed by atoms with E-state index in [2.05, 4.69) is 10.2 Å². The zero-order valence-electron chi connectivity index (χ0n) is 12.4. The molecule has 0 saturated carbocycles. The van der Waals surface area contributed by atoms with Crippen molar-refractivity contribution in [2.45, 2.75) is 37.8 Å². The second kappa shape index (κ2) is 5.56. The van der Waals surface area contributed by atoms with Gasteiger partial charge < -0.3 is 15.2 Å². The Morgan fingerprint density at radius 3 is 2.95 bits per heavy atom. The first kappa shape index (κ1) is 14.2. The average Bonchev–Trinajstić information content (AvgIpc) is 2.86. The zero-order valence-corrected chi connectivity index (χ0v) is 12.4. The van der Waals surface area contributed by atoms with E-state index in [1.807, 2.05) is 0 Å². The van der Waals surface area contributed by atoms with Gasteiger partial charge in [-0.25, -0.2) is 0 Å². The molecule has 21 heavy (non-hydrogen) atoms. The third-order valence-electron chi connectivity index (χ3n) is 4.72. The van der Waals surface area contributed by atoms with Crippen molar-refractivity contribution in [2.75, 3.05) is 20.2 Å². The van der Waals surface area contributed by atoms with E-state index >= 15 is 0 Å². The number of piperidine rings is 1. The van der Waals surface area contributed by atoms with E-state index in [0.717, 1.165) is 50.1 Å². The van der Waals surface area contributed by atoms with Gasteiger partial charge in [-0.1, -0.05) is 0 Å². The molecule has 2 aliphatic rings. The molecule has 1 amide bonds. The van der Waals surface area contributed by atoms with Crippen LogP contribution in [0.2, 0.25) is 0 Å². The van der Waals surface area contributed by atoms with Gasteiger partial charge in [-0.15, -0.1) is 0 Å². The van der Waals surface area contributed by atoms with E-state index in [1.165, 1.54) is 0 Å². The number of carbonyl (C=O) groups is 1. The van der Waals surface area contributed by atoms with E-state index in [0.29, 0.717) is 6.54 Å². The maximum atomic E-state index is 12.4. The number of phenols is 1. The highest BCUT2D eigenvalue weighted by molar-refractivity contribution is 5.87. The lowest BCUT2D eigenvalue weighted by atomic mass is 9.86. The fraction of sp³-hybridized carbons (Fsp3) is 0.562. The first-order valence-electron chi connectivity index (χ1n) is 7.55. The van der Waals surface area contributed by atoms with Gasteiger partial charge in [-0.2, -0.15) is 0 Å². The van der Waals surface area contributed by atoms with Crippen molar-refractivity contribution in [1.29, 1.82) is 0 Å². The Balaban J connectivity index is 1.87. The number of ether oxygens (including phenoxy) is 1. The molecule has 1 unspecified atom stereocenters. The number of carbonyl (C=O) groups excluding carboxylic acids is 1. The number of nitrogens with zero attached hydrogens (tertiary/aromatic N) is 1. The SMILES string of the molecule is COc1ccc(O)cc1CN1CCCC12CCCNC2=O. The molecule has 0 aromatic heterocycles. The lowest BCUT2D eigenvalue weighted by Crippen LogP contribution is -2.58. The number of methoxy groups -OCH3 is 1. The van der Waals surface area contributed by atoms with Gasteiger partial charge in [0.15, 0.2) is 0 Å². The molecular formula is C16H22N2O3. The molecule has 114 valence electrons. The van der Waals surface area contributed by atoms with Crippen molar-refractivity contribution in [3.8, 4) is 11.5 Å². The van der Waals surface area contributed by atoms with E-state index in [-0.39, 0.29) is 17.2 Å². The largest absolute Gasteiger partial charge is 0.508 e. The number of rotatable bonds is 3. The van der Waals surface area contributed by atoms with Crippen LogP contribution in [0, 0.1) is 0 Å². The predicted molar refractivity (Wildman–Crippen MR) is 79.3 cm³/mol. The minimum atomic E-state index is -0.366. The summed E-state index contributed by atoms with van der Waals surface area (Å²) >= 11 is 0. The Morgan fingerprint density at radius 2 is 2.19 bits per heavy atom. The van der Waals surface area contributed by atoms with Gasteiger partial charge in [0.25, 0.3) is 0 Å². The number of likely N-dealkylation sites (tertiary alicyclic amines) is 1. The molecule has 5 heteroatoms. The molecule has 0 radical (unpaired) electrons. The van der Waals surface area contributed by atoms with Crippen LogP contribution in [-0.2, 0) is 11.3 Å². The molecule has 2 heterocycles. The predicted octanol–water partition coefficient (Wildman–Crippen LogP) is 1.65. The van der Waals surface area contributed by atoms with Crippen LogP contribution in [0.25, 0.3) is 0 Å². The van der Waals surface area contributed by atoms with Gasteiger partial charge >= 0.3 is 0 Å². The monoisotopic (exact) mass is 290 g/mol. The molecule has 1 aromatic rings. The van der Waals surface area contributed by atoms with Crippen LogP contribution in [0.4, 0.5) is 0 Å². The molecule has 1 spiro atoms. The summed E-state index contributed by atoms with van der Waals surface area (Å²) in [6.07, 6.45) is 3.90. The van der Waals surface area contributed by atoms with Crippen LogP contribution in [0.15, 0.2) is 18.2 Å². The van der Waals surface area contributed by atoms with Crippen molar-refractivity contribution in [3.05, 3.63) is 23.8 Å². The summed E-state index contributed by atoms with van der Waals surface area (Å²) < 4.78 is 5.37. The number of hydrogen-bond donors (Lipinski definition) is 2. The number of phenolic OH excluding ortho intramolecular Hbond substituents is 1. The lowest BCUT2D eigenvalue weighted by molar-refractivity contribution is -0.134. The Bertz CT molecular complexity index is 546. The van der Waals surface area contributed by atoms with Crippen LogP contribution in [0.3, 0.4) is 0 Å². The number of aromatic hydroxyl groups is 1. The second-order valence-electron chi connectivity index (χ2n) is 5.91. The minimum Gasteiger partial charge on any atom is -0.508 e. The van der Waals surface area contributed by atoms with Gasteiger partial charge in [-0.05, 0) is 50.4 Å². The Labute approximate surface area is 124 Å². The average molecular weight is 290 g/mol. The van der Waals surface area contributed by atoms with Crippen LogP contribution in [0.5, 0.6) is 11.5 Å². The highest BCUT2D eigenvalue weighted by Crippen LogP contribution is 2.38.